The van der Waals surface area contributed by atoms with Gasteiger partial charge >= 0.3 is 6.03 Å². The number of anilines is 1. The number of hydrogen-bond acceptors (Lipinski definition) is 4. The Bertz CT molecular complexity index is 883. The van der Waals surface area contributed by atoms with Gasteiger partial charge in [0.25, 0.3) is 5.91 Å². The topological polar surface area (TPSA) is 78.8 Å². The fraction of sp³-hybridized carbons (Fsp3) is 0.0588. The average molecular weight is 512 g/mol. The molecule has 4 amide bonds. The van der Waals surface area contributed by atoms with Crippen LogP contribution in [-0.4, -0.2) is 24.1 Å². The van der Waals surface area contributed by atoms with Crippen LogP contribution in [0.25, 0.3) is 0 Å². The molecule has 2 aromatic rings. The first-order valence-corrected chi connectivity index (χ1v) is 9.07. The Morgan fingerprint density at radius 3 is 2.44 bits per heavy atom. The summed E-state index contributed by atoms with van der Waals surface area (Å²) in [4.78, 5) is 42.0. The molecule has 0 aromatic heterocycles. The molecule has 1 saturated heterocycles. The first-order valence-electron chi connectivity index (χ1n) is 7.20. The molecule has 126 valence electrons. The van der Waals surface area contributed by atoms with Crippen molar-refractivity contribution >= 4 is 74.0 Å². The van der Waals surface area contributed by atoms with Crippen LogP contribution in [0, 0.1) is 9.49 Å². The Balaban J connectivity index is 1.90. The van der Waals surface area contributed by atoms with Crippen LogP contribution >= 0.6 is 38.5 Å². The van der Waals surface area contributed by atoms with Gasteiger partial charge in [0.15, 0.2) is 5.92 Å². The minimum atomic E-state index is -1.17. The van der Waals surface area contributed by atoms with Crippen LogP contribution in [0.4, 0.5) is 16.2 Å². The number of benzene rings is 2. The summed E-state index contributed by atoms with van der Waals surface area (Å²) in [6.45, 7) is 0. The van der Waals surface area contributed by atoms with E-state index in [4.69, 9.17) is 0 Å². The molecule has 0 saturated carbocycles. The number of halogens is 2. The van der Waals surface area contributed by atoms with E-state index in [2.05, 4.69) is 48.8 Å². The Labute approximate surface area is 165 Å². The molecule has 3 rings (SSSR count). The smallest absolute Gasteiger partial charge is 0.276 e. The number of imide groups is 2. The summed E-state index contributed by atoms with van der Waals surface area (Å²) in [5, 5.41) is 2.20. The third-order valence-electron chi connectivity index (χ3n) is 3.50. The van der Waals surface area contributed by atoms with Crippen molar-refractivity contribution in [3.63, 3.8) is 0 Å². The Morgan fingerprint density at radius 2 is 1.76 bits per heavy atom. The number of barbiturate groups is 1. The van der Waals surface area contributed by atoms with Crippen LogP contribution in [0.1, 0.15) is 0 Å². The lowest BCUT2D eigenvalue weighted by atomic mass is 10.1. The van der Waals surface area contributed by atoms with Gasteiger partial charge < -0.3 is 0 Å². The second kappa shape index (κ2) is 7.44. The summed E-state index contributed by atoms with van der Waals surface area (Å²) in [7, 11) is 0. The minimum absolute atomic E-state index is 0.380. The van der Waals surface area contributed by atoms with Crippen LogP contribution < -0.4 is 10.2 Å². The first kappa shape index (κ1) is 17.7. The summed E-state index contributed by atoms with van der Waals surface area (Å²) in [5.74, 6) is -2.49. The second-order valence-electron chi connectivity index (χ2n) is 5.15. The number of hydrogen-bond donors (Lipinski definition) is 1. The van der Waals surface area contributed by atoms with Crippen molar-refractivity contribution in [2.75, 3.05) is 4.90 Å². The maximum Gasteiger partial charge on any atom is 0.335 e. The predicted molar refractivity (Wildman–Crippen MR) is 106 cm³/mol. The monoisotopic (exact) mass is 511 g/mol. The van der Waals surface area contributed by atoms with E-state index in [1.165, 1.54) is 6.21 Å². The van der Waals surface area contributed by atoms with Gasteiger partial charge in [-0.1, -0.05) is 28.1 Å². The molecule has 0 spiro atoms. The van der Waals surface area contributed by atoms with E-state index < -0.39 is 23.8 Å². The van der Waals surface area contributed by atoms with Gasteiger partial charge in [0.05, 0.1) is 11.4 Å². The van der Waals surface area contributed by atoms with Gasteiger partial charge in [-0.2, -0.15) is 0 Å². The quantitative estimate of drug-likeness (QED) is 0.388. The van der Waals surface area contributed by atoms with E-state index >= 15 is 0 Å². The third kappa shape index (κ3) is 3.79. The van der Waals surface area contributed by atoms with E-state index in [-0.39, 0.29) is 0 Å². The summed E-state index contributed by atoms with van der Waals surface area (Å²) in [5.41, 5.74) is 1.03. The van der Waals surface area contributed by atoms with Crippen molar-refractivity contribution in [1.29, 1.82) is 0 Å². The number of nitrogens with one attached hydrogen (secondary N) is 1. The van der Waals surface area contributed by atoms with Gasteiger partial charge in [-0.3, -0.25) is 19.9 Å². The fourth-order valence-corrected chi connectivity index (χ4v) is 3.06. The molecule has 1 heterocycles. The SMILES string of the molecule is O=C1NC(=O)N(c2ccc(Br)cc2)C(=O)[C@@H]1C=Nc1ccccc1I. The second-order valence-corrected chi connectivity index (χ2v) is 7.23. The molecule has 1 atom stereocenters. The molecular formula is C17H11BrIN3O3. The lowest BCUT2D eigenvalue weighted by Gasteiger charge is -2.28. The van der Waals surface area contributed by atoms with E-state index in [0.29, 0.717) is 11.4 Å². The molecule has 6 nitrogen and oxygen atoms in total. The maximum absolute atomic E-state index is 12.7. The van der Waals surface area contributed by atoms with Gasteiger partial charge in [0.1, 0.15) is 0 Å². The molecule has 0 bridgehead atoms. The molecule has 1 fully saturated rings. The summed E-state index contributed by atoms with van der Waals surface area (Å²) in [6.07, 6.45) is 1.27. The molecule has 8 heteroatoms. The molecular weight excluding hydrogens is 501 g/mol. The third-order valence-corrected chi connectivity index (χ3v) is 4.94. The fourth-order valence-electron chi connectivity index (χ4n) is 2.27. The van der Waals surface area contributed by atoms with Crippen molar-refractivity contribution < 1.29 is 14.4 Å². The normalized spacial score (nSPS) is 17.9. The van der Waals surface area contributed by atoms with Gasteiger partial charge in [0.2, 0.25) is 5.91 Å². The van der Waals surface area contributed by atoms with Crippen LogP contribution in [0.15, 0.2) is 58.0 Å². The number of carbonyl (C=O) groups excluding carboxylic acids is 3. The van der Waals surface area contributed by atoms with Crippen LogP contribution in [0.5, 0.6) is 0 Å². The Kier molecular flexibility index (Phi) is 5.28. The molecule has 1 N–H and O–H groups in total. The highest BCUT2D eigenvalue weighted by atomic mass is 127. The van der Waals surface area contributed by atoms with E-state index in [1.807, 2.05) is 18.2 Å². The maximum atomic E-state index is 12.7. The lowest BCUT2D eigenvalue weighted by molar-refractivity contribution is -0.131. The first-order chi connectivity index (χ1) is 12.0. The zero-order valence-electron chi connectivity index (χ0n) is 12.6. The number of carbonyl (C=O) groups is 3. The van der Waals surface area contributed by atoms with Crippen LogP contribution in [0.2, 0.25) is 0 Å². The Hall–Kier alpha value is -2.07. The van der Waals surface area contributed by atoms with Gasteiger partial charge in [-0.05, 0) is 59.0 Å². The molecule has 0 aliphatic carbocycles. The van der Waals surface area contributed by atoms with E-state index in [1.54, 1.807) is 30.3 Å². The number of amides is 4. The largest absolute Gasteiger partial charge is 0.335 e. The number of rotatable bonds is 3. The van der Waals surface area contributed by atoms with Gasteiger partial charge in [-0.15, -0.1) is 0 Å². The van der Waals surface area contributed by atoms with Crippen molar-refractivity contribution in [2.24, 2.45) is 10.9 Å². The molecule has 1 aliphatic heterocycles. The van der Waals surface area contributed by atoms with Gasteiger partial charge in [-0.25, -0.2) is 9.69 Å². The van der Waals surface area contributed by atoms with Gasteiger partial charge in [0, 0.05) is 14.3 Å². The number of urea groups is 1. The van der Waals surface area contributed by atoms with E-state index in [9.17, 15) is 14.4 Å². The highest BCUT2D eigenvalue weighted by Gasteiger charge is 2.40. The number of aliphatic imine (C=N–C) groups is 1. The highest BCUT2D eigenvalue weighted by Crippen LogP contribution is 2.24. The molecule has 1 aliphatic rings. The molecule has 2 aromatic carbocycles. The molecule has 25 heavy (non-hydrogen) atoms. The standard InChI is InChI=1S/C17H11BrIN3O3/c18-10-5-7-11(8-6-10)22-16(24)12(15(23)21-17(22)25)9-20-14-4-2-1-3-13(14)19/h1-9,12H,(H,21,23,25)/t12-/m1/s1. The van der Waals surface area contributed by atoms with Crippen molar-refractivity contribution in [3.05, 3.63) is 56.6 Å². The molecule has 0 radical (unpaired) electrons. The highest BCUT2D eigenvalue weighted by molar-refractivity contribution is 14.1. The Morgan fingerprint density at radius 1 is 1.08 bits per heavy atom. The summed E-state index contributed by atoms with van der Waals surface area (Å²) < 4.78 is 1.70. The number of nitrogens with zero attached hydrogens (tertiary/aromatic N) is 2. The minimum Gasteiger partial charge on any atom is -0.276 e. The zero-order chi connectivity index (χ0) is 18.0. The predicted octanol–water partition coefficient (Wildman–Crippen LogP) is 3.66. The van der Waals surface area contributed by atoms with Crippen molar-refractivity contribution in [1.82, 2.24) is 5.32 Å². The van der Waals surface area contributed by atoms with E-state index in [0.717, 1.165) is 12.9 Å². The summed E-state index contributed by atoms with van der Waals surface area (Å²) in [6, 6.07) is 13.2. The van der Waals surface area contributed by atoms with Crippen molar-refractivity contribution in [2.45, 2.75) is 0 Å². The van der Waals surface area contributed by atoms with Crippen LogP contribution in [-0.2, 0) is 9.59 Å². The van der Waals surface area contributed by atoms with Crippen molar-refractivity contribution in [3.8, 4) is 0 Å². The zero-order valence-corrected chi connectivity index (χ0v) is 16.4. The van der Waals surface area contributed by atoms with Crippen LogP contribution in [0.3, 0.4) is 0 Å². The average Bonchev–Trinajstić information content (AvgIpc) is 2.57. The number of para-hydroxylation sites is 1. The lowest BCUT2D eigenvalue weighted by Crippen LogP contribution is -2.58. The summed E-state index contributed by atoms with van der Waals surface area (Å²) >= 11 is 5.42. The molecule has 0 unspecified atom stereocenters.